The molecule has 0 saturated heterocycles. The summed E-state index contributed by atoms with van der Waals surface area (Å²) in [6.45, 7) is 0. The van der Waals surface area contributed by atoms with E-state index in [1.165, 1.54) is 40.3 Å². The SMILES string of the molecule is c1ccc(N(c2ccccc2)c2ccc3sc4cc(N(c5ccccc5)c5cccc6sc7ccc(N(c8ccccc8)c8ccccc8)cc7c56)ccc4c3c2)cc1. The van der Waals surface area contributed by atoms with Gasteiger partial charge in [-0.3, -0.25) is 0 Å². The zero-order valence-electron chi connectivity index (χ0n) is 32.0. The molecule has 0 amide bonds. The lowest BCUT2D eigenvalue weighted by atomic mass is 10.1. The van der Waals surface area contributed by atoms with Crippen LogP contribution in [0.3, 0.4) is 0 Å². The van der Waals surface area contributed by atoms with Crippen LogP contribution in [0, 0.1) is 0 Å². The third-order valence-corrected chi connectivity index (χ3v) is 13.3. The van der Waals surface area contributed by atoms with E-state index in [9.17, 15) is 0 Å². The first kappa shape index (κ1) is 35.0. The average molecular weight is 792 g/mol. The number of fused-ring (bicyclic) bond motifs is 6. The summed E-state index contributed by atoms with van der Waals surface area (Å²) in [5.41, 5.74) is 10.2. The molecule has 2 aromatic heterocycles. The van der Waals surface area contributed by atoms with Crippen molar-refractivity contribution in [2.45, 2.75) is 0 Å². The zero-order valence-corrected chi connectivity index (χ0v) is 33.7. The van der Waals surface area contributed by atoms with Crippen LogP contribution in [-0.2, 0) is 0 Å². The summed E-state index contributed by atoms with van der Waals surface area (Å²) < 4.78 is 5.06. The van der Waals surface area contributed by atoms with Crippen molar-refractivity contribution in [1.29, 1.82) is 0 Å². The highest BCUT2D eigenvalue weighted by atomic mass is 32.1. The molecular formula is C54H37N3S2. The minimum Gasteiger partial charge on any atom is -0.310 e. The topological polar surface area (TPSA) is 9.72 Å². The van der Waals surface area contributed by atoms with Crippen LogP contribution < -0.4 is 14.7 Å². The molecule has 0 spiro atoms. The van der Waals surface area contributed by atoms with E-state index in [1.54, 1.807) is 0 Å². The lowest BCUT2D eigenvalue weighted by Gasteiger charge is -2.27. The summed E-state index contributed by atoms with van der Waals surface area (Å²) in [4.78, 5) is 7.12. The van der Waals surface area contributed by atoms with Gasteiger partial charge in [0.15, 0.2) is 0 Å². The van der Waals surface area contributed by atoms with E-state index in [0.717, 1.165) is 51.2 Å². The largest absolute Gasteiger partial charge is 0.310 e. The maximum atomic E-state index is 2.44. The third-order valence-electron chi connectivity index (χ3n) is 11.0. The lowest BCUT2D eigenvalue weighted by molar-refractivity contribution is 1.29. The first-order valence-corrected chi connectivity index (χ1v) is 21.5. The maximum absolute atomic E-state index is 2.44. The fourth-order valence-corrected chi connectivity index (χ4v) is 10.6. The molecule has 0 radical (unpaired) electrons. The number of thiophene rings is 2. The summed E-state index contributed by atoms with van der Waals surface area (Å²) in [6.07, 6.45) is 0. The van der Waals surface area contributed by atoms with Crippen molar-refractivity contribution in [2.24, 2.45) is 0 Å². The smallest absolute Gasteiger partial charge is 0.0554 e. The van der Waals surface area contributed by atoms with Gasteiger partial charge in [0.2, 0.25) is 0 Å². The van der Waals surface area contributed by atoms with Gasteiger partial charge in [0.1, 0.15) is 0 Å². The Morgan fingerprint density at radius 2 is 0.644 bits per heavy atom. The van der Waals surface area contributed by atoms with Crippen LogP contribution in [0.1, 0.15) is 0 Å². The number of hydrogen-bond donors (Lipinski definition) is 0. The van der Waals surface area contributed by atoms with Gasteiger partial charge in [-0.15, -0.1) is 22.7 Å². The Balaban J connectivity index is 1.06. The van der Waals surface area contributed by atoms with Gasteiger partial charge in [0.25, 0.3) is 0 Å². The van der Waals surface area contributed by atoms with Crippen molar-refractivity contribution in [2.75, 3.05) is 14.7 Å². The fourth-order valence-electron chi connectivity index (χ4n) is 8.36. The van der Waals surface area contributed by atoms with E-state index >= 15 is 0 Å². The Kier molecular flexibility index (Phi) is 8.88. The number of rotatable bonds is 9. The average Bonchev–Trinajstić information content (AvgIpc) is 3.86. The van der Waals surface area contributed by atoms with Gasteiger partial charge in [0.05, 0.1) is 5.69 Å². The van der Waals surface area contributed by atoms with Crippen LogP contribution in [0.2, 0.25) is 0 Å². The third kappa shape index (κ3) is 6.38. The Labute approximate surface area is 351 Å². The van der Waals surface area contributed by atoms with Crippen molar-refractivity contribution in [3.8, 4) is 0 Å². The Hall–Kier alpha value is -7.18. The van der Waals surface area contributed by atoms with Gasteiger partial charge < -0.3 is 14.7 Å². The van der Waals surface area contributed by atoms with Crippen molar-refractivity contribution < 1.29 is 0 Å². The molecule has 0 aliphatic carbocycles. The van der Waals surface area contributed by atoms with Crippen LogP contribution in [0.4, 0.5) is 51.2 Å². The van der Waals surface area contributed by atoms with Gasteiger partial charge in [-0.25, -0.2) is 0 Å². The van der Waals surface area contributed by atoms with Crippen molar-refractivity contribution in [1.82, 2.24) is 0 Å². The van der Waals surface area contributed by atoms with E-state index in [0.29, 0.717) is 0 Å². The van der Waals surface area contributed by atoms with Gasteiger partial charge in [-0.05, 0) is 121 Å². The highest BCUT2D eigenvalue weighted by Crippen LogP contribution is 2.48. The normalized spacial score (nSPS) is 11.4. The van der Waals surface area contributed by atoms with Crippen molar-refractivity contribution >= 4 is 114 Å². The zero-order chi connectivity index (χ0) is 39.1. The summed E-state index contributed by atoms with van der Waals surface area (Å²) in [5, 5.41) is 5.02. The quantitative estimate of drug-likeness (QED) is 0.144. The summed E-state index contributed by atoms with van der Waals surface area (Å²) >= 11 is 3.71. The number of hydrogen-bond acceptors (Lipinski definition) is 5. The second-order valence-electron chi connectivity index (χ2n) is 14.6. The molecule has 0 unspecified atom stereocenters. The molecule has 59 heavy (non-hydrogen) atoms. The summed E-state index contributed by atoms with van der Waals surface area (Å²) in [6, 6.07) is 80.9. The molecule has 9 aromatic carbocycles. The monoisotopic (exact) mass is 791 g/mol. The van der Waals surface area contributed by atoms with E-state index in [4.69, 9.17) is 0 Å². The molecule has 0 aliphatic heterocycles. The fraction of sp³-hybridized carbons (Fsp3) is 0. The van der Waals surface area contributed by atoms with E-state index < -0.39 is 0 Å². The Bertz CT molecular complexity index is 3140. The molecule has 0 N–H and O–H groups in total. The van der Waals surface area contributed by atoms with Crippen LogP contribution in [0.5, 0.6) is 0 Å². The van der Waals surface area contributed by atoms with E-state index in [2.05, 4.69) is 239 Å². The molecule has 0 saturated carbocycles. The van der Waals surface area contributed by atoms with Crippen LogP contribution in [0.25, 0.3) is 40.3 Å². The van der Waals surface area contributed by atoms with Crippen LogP contribution >= 0.6 is 22.7 Å². The minimum atomic E-state index is 1.12. The molecule has 5 heteroatoms. The number of para-hydroxylation sites is 5. The molecule has 11 aromatic rings. The first-order chi connectivity index (χ1) is 29.3. The van der Waals surface area contributed by atoms with Gasteiger partial charge in [-0.1, -0.05) is 103 Å². The van der Waals surface area contributed by atoms with Crippen molar-refractivity contribution in [3.05, 3.63) is 224 Å². The predicted molar refractivity (Wildman–Crippen MR) is 256 cm³/mol. The van der Waals surface area contributed by atoms with E-state index in [-0.39, 0.29) is 0 Å². The molecular weight excluding hydrogens is 755 g/mol. The molecule has 3 nitrogen and oxygen atoms in total. The standard InChI is InChI=1S/C54H37N3S2/c1-6-17-38(18-7-1)55(39-19-8-2-9-20-39)43-30-33-50-47(35-43)46-32-29-45(37-53(46)59-50)57(42-25-14-5-15-26-42)49-27-16-28-52-54(49)48-36-44(31-34-51(48)58-52)56(40-21-10-3-11-22-40)41-23-12-4-13-24-41/h1-37H. The van der Waals surface area contributed by atoms with Gasteiger partial charge >= 0.3 is 0 Å². The van der Waals surface area contributed by atoms with Crippen molar-refractivity contribution in [3.63, 3.8) is 0 Å². The second-order valence-corrected chi connectivity index (χ2v) is 16.7. The predicted octanol–water partition coefficient (Wildman–Crippen LogP) is 16.8. The summed E-state index contributed by atoms with van der Waals surface area (Å²) in [5.74, 6) is 0. The molecule has 2 heterocycles. The Morgan fingerprint density at radius 3 is 1.15 bits per heavy atom. The van der Waals surface area contributed by atoms with Gasteiger partial charge in [-0.2, -0.15) is 0 Å². The van der Waals surface area contributed by atoms with Crippen LogP contribution in [-0.4, -0.2) is 0 Å². The van der Waals surface area contributed by atoms with Crippen LogP contribution in [0.15, 0.2) is 224 Å². The highest BCUT2D eigenvalue weighted by Gasteiger charge is 2.22. The maximum Gasteiger partial charge on any atom is 0.0554 e. The molecule has 11 rings (SSSR count). The molecule has 0 fully saturated rings. The number of benzene rings is 9. The number of nitrogens with zero attached hydrogens (tertiary/aromatic N) is 3. The molecule has 0 bridgehead atoms. The second kappa shape index (κ2) is 15.0. The Morgan fingerprint density at radius 1 is 0.237 bits per heavy atom. The molecule has 280 valence electrons. The van der Waals surface area contributed by atoms with Gasteiger partial charge in [0, 0.05) is 85.8 Å². The molecule has 0 atom stereocenters. The van der Waals surface area contributed by atoms with E-state index in [1.807, 2.05) is 22.7 Å². The number of anilines is 9. The summed E-state index contributed by atoms with van der Waals surface area (Å²) in [7, 11) is 0. The molecule has 0 aliphatic rings. The first-order valence-electron chi connectivity index (χ1n) is 19.8. The minimum absolute atomic E-state index is 1.12. The highest BCUT2D eigenvalue weighted by molar-refractivity contribution is 7.26. The lowest BCUT2D eigenvalue weighted by Crippen LogP contribution is -2.10.